The second-order valence-electron chi connectivity index (χ2n) is 2.86. The van der Waals surface area contributed by atoms with E-state index in [-0.39, 0.29) is 18.3 Å². The molecule has 0 fully saturated rings. The van der Waals surface area contributed by atoms with Gasteiger partial charge in [-0.1, -0.05) is 0 Å². The van der Waals surface area contributed by atoms with Gasteiger partial charge in [-0.15, -0.1) is 0 Å². The SMILES string of the molecule is COCC(=O)NCCCC(=O)CSC. The Hall–Kier alpha value is -0.550. The van der Waals surface area contributed by atoms with Crippen LogP contribution in [0.25, 0.3) is 0 Å². The second kappa shape index (κ2) is 9.02. The van der Waals surface area contributed by atoms with Gasteiger partial charge < -0.3 is 10.1 Å². The van der Waals surface area contributed by atoms with Gasteiger partial charge in [0, 0.05) is 20.1 Å². The fourth-order valence-electron chi connectivity index (χ4n) is 0.929. The number of Topliss-reactive ketones (excluding diaryl/α,β-unsaturated/α-hetero) is 1. The zero-order valence-electron chi connectivity index (χ0n) is 8.67. The van der Waals surface area contributed by atoms with Crippen LogP contribution in [0.15, 0.2) is 0 Å². The van der Waals surface area contributed by atoms with Gasteiger partial charge in [0.15, 0.2) is 0 Å². The molecule has 14 heavy (non-hydrogen) atoms. The molecule has 0 radical (unpaired) electrons. The minimum absolute atomic E-state index is 0.0821. The molecule has 0 spiro atoms. The molecule has 0 aliphatic rings. The largest absolute Gasteiger partial charge is 0.375 e. The van der Waals surface area contributed by atoms with E-state index in [0.717, 1.165) is 0 Å². The van der Waals surface area contributed by atoms with Crippen LogP contribution in [0.1, 0.15) is 12.8 Å². The van der Waals surface area contributed by atoms with Crippen LogP contribution in [0.3, 0.4) is 0 Å². The van der Waals surface area contributed by atoms with Crippen LogP contribution >= 0.6 is 11.8 Å². The number of ketones is 1. The van der Waals surface area contributed by atoms with Gasteiger partial charge in [0.05, 0.1) is 5.75 Å². The first-order chi connectivity index (χ1) is 6.70. The number of ether oxygens (including phenoxy) is 1. The Balaban J connectivity index is 3.28. The Bertz CT molecular complexity index is 165. The van der Waals surface area contributed by atoms with Gasteiger partial charge in [0.1, 0.15) is 12.4 Å². The van der Waals surface area contributed by atoms with E-state index in [1.54, 1.807) is 0 Å². The van der Waals surface area contributed by atoms with Crippen molar-refractivity contribution in [1.29, 1.82) is 0 Å². The van der Waals surface area contributed by atoms with Gasteiger partial charge in [0.2, 0.25) is 5.91 Å². The molecule has 0 bridgehead atoms. The summed E-state index contributed by atoms with van der Waals surface area (Å²) in [6, 6.07) is 0. The molecule has 0 heterocycles. The summed E-state index contributed by atoms with van der Waals surface area (Å²) in [5.41, 5.74) is 0. The predicted octanol–water partition coefficient (Wildman–Crippen LogP) is 0.461. The first kappa shape index (κ1) is 13.4. The van der Waals surface area contributed by atoms with E-state index in [1.165, 1.54) is 18.9 Å². The van der Waals surface area contributed by atoms with E-state index in [0.29, 0.717) is 25.1 Å². The third-order valence-corrected chi connectivity index (χ3v) is 2.15. The van der Waals surface area contributed by atoms with Gasteiger partial charge in [-0.25, -0.2) is 0 Å². The molecule has 1 N–H and O–H groups in total. The van der Waals surface area contributed by atoms with Crippen molar-refractivity contribution in [3.8, 4) is 0 Å². The molecule has 0 aromatic rings. The highest BCUT2D eigenvalue weighted by Crippen LogP contribution is 1.97. The molecule has 82 valence electrons. The van der Waals surface area contributed by atoms with Crippen molar-refractivity contribution in [2.45, 2.75) is 12.8 Å². The molecule has 0 aromatic heterocycles. The number of carbonyl (C=O) groups excluding carboxylic acids is 2. The molecule has 0 saturated carbocycles. The molecule has 0 aliphatic heterocycles. The number of amides is 1. The predicted molar refractivity (Wildman–Crippen MR) is 57.5 cm³/mol. The standard InChI is InChI=1S/C9H17NO3S/c1-13-6-9(12)10-5-3-4-8(11)7-14-2/h3-7H2,1-2H3,(H,10,12). The number of methoxy groups -OCH3 is 1. The summed E-state index contributed by atoms with van der Waals surface area (Å²) in [6.07, 6.45) is 3.14. The van der Waals surface area contributed by atoms with Gasteiger partial charge in [-0.2, -0.15) is 11.8 Å². The monoisotopic (exact) mass is 219 g/mol. The van der Waals surface area contributed by atoms with Gasteiger partial charge in [0.25, 0.3) is 0 Å². The van der Waals surface area contributed by atoms with Crippen LogP contribution in [-0.2, 0) is 14.3 Å². The van der Waals surface area contributed by atoms with E-state index in [4.69, 9.17) is 0 Å². The lowest BCUT2D eigenvalue weighted by molar-refractivity contribution is -0.125. The smallest absolute Gasteiger partial charge is 0.245 e. The van der Waals surface area contributed by atoms with Crippen molar-refractivity contribution in [2.24, 2.45) is 0 Å². The second-order valence-corrected chi connectivity index (χ2v) is 3.72. The molecule has 4 nitrogen and oxygen atoms in total. The summed E-state index contributed by atoms with van der Waals surface area (Å²) >= 11 is 1.53. The molecule has 0 unspecified atom stereocenters. The lowest BCUT2D eigenvalue weighted by Gasteiger charge is -2.03. The van der Waals surface area contributed by atoms with E-state index in [2.05, 4.69) is 10.1 Å². The maximum absolute atomic E-state index is 11.1. The maximum atomic E-state index is 11.1. The van der Waals surface area contributed by atoms with Crippen LogP contribution in [0.5, 0.6) is 0 Å². The summed E-state index contributed by atoms with van der Waals surface area (Å²) in [7, 11) is 1.47. The fraction of sp³-hybridized carbons (Fsp3) is 0.778. The Kier molecular flexibility index (Phi) is 8.67. The van der Waals surface area contributed by atoms with Crippen molar-refractivity contribution in [2.75, 3.05) is 32.3 Å². The highest BCUT2D eigenvalue weighted by molar-refractivity contribution is 7.99. The van der Waals surface area contributed by atoms with Crippen molar-refractivity contribution in [3.63, 3.8) is 0 Å². The molecule has 0 atom stereocenters. The van der Waals surface area contributed by atoms with E-state index in [1.807, 2.05) is 6.26 Å². The quantitative estimate of drug-likeness (QED) is 0.603. The van der Waals surface area contributed by atoms with E-state index in [9.17, 15) is 9.59 Å². The topological polar surface area (TPSA) is 55.4 Å². The van der Waals surface area contributed by atoms with Crippen LogP contribution < -0.4 is 5.32 Å². The highest BCUT2D eigenvalue weighted by Gasteiger charge is 2.01. The molecule has 5 heteroatoms. The minimum Gasteiger partial charge on any atom is -0.375 e. The third kappa shape index (κ3) is 8.07. The molecular formula is C9H17NO3S. The lowest BCUT2D eigenvalue weighted by Crippen LogP contribution is -2.28. The van der Waals surface area contributed by atoms with E-state index < -0.39 is 0 Å². The first-order valence-corrected chi connectivity index (χ1v) is 5.86. The summed E-state index contributed by atoms with van der Waals surface area (Å²) in [4.78, 5) is 21.9. The lowest BCUT2D eigenvalue weighted by atomic mass is 10.2. The van der Waals surface area contributed by atoms with Gasteiger partial charge in [-0.3, -0.25) is 9.59 Å². The number of hydrogen-bond donors (Lipinski definition) is 1. The Morgan fingerprint density at radius 1 is 1.43 bits per heavy atom. The summed E-state index contributed by atoms with van der Waals surface area (Å²) in [5, 5.41) is 2.66. The van der Waals surface area contributed by atoms with Crippen LogP contribution in [0, 0.1) is 0 Å². The zero-order valence-corrected chi connectivity index (χ0v) is 9.49. The van der Waals surface area contributed by atoms with Crippen LogP contribution in [0.4, 0.5) is 0 Å². The summed E-state index contributed by atoms with van der Waals surface area (Å²) in [6.45, 7) is 0.626. The summed E-state index contributed by atoms with van der Waals surface area (Å²) < 4.78 is 4.64. The molecule has 0 aromatic carbocycles. The first-order valence-electron chi connectivity index (χ1n) is 4.47. The highest BCUT2D eigenvalue weighted by atomic mass is 32.2. The van der Waals surface area contributed by atoms with Gasteiger partial charge in [-0.05, 0) is 12.7 Å². The Labute approximate surface area is 88.8 Å². The van der Waals surface area contributed by atoms with Crippen molar-refractivity contribution < 1.29 is 14.3 Å². The van der Waals surface area contributed by atoms with Crippen LogP contribution in [0.2, 0.25) is 0 Å². The summed E-state index contributed by atoms with van der Waals surface area (Å²) in [5.74, 6) is 0.662. The average molecular weight is 219 g/mol. The average Bonchev–Trinajstić information content (AvgIpc) is 2.13. The molecule has 0 rings (SSSR count). The molecular weight excluding hydrogens is 202 g/mol. The van der Waals surface area contributed by atoms with Gasteiger partial charge >= 0.3 is 0 Å². The van der Waals surface area contributed by atoms with Crippen LogP contribution in [-0.4, -0.2) is 44.0 Å². The molecule has 0 saturated heterocycles. The zero-order chi connectivity index (χ0) is 10.8. The third-order valence-electron chi connectivity index (χ3n) is 1.54. The number of hydrogen-bond acceptors (Lipinski definition) is 4. The number of nitrogens with one attached hydrogen (secondary N) is 1. The minimum atomic E-state index is -0.134. The number of carbonyl (C=O) groups is 2. The number of rotatable bonds is 8. The number of thioether (sulfide) groups is 1. The Morgan fingerprint density at radius 3 is 2.71 bits per heavy atom. The van der Waals surface area contributed by atoms with E-state index >= 15 is 0 Å². The van der Waals surface area contributed by atoms with Crippen molar-refractivity contribution in [1.82, 2.24) is 5.32 Å². The molecule has 0 aliphatic carbocycles. The molecule has 1 amide bonds. The Morgan fingerprint density at radius 2 is 2.14 bits per heavy atom. The van der Waals surface area contributed by atoms with Crippen molar-refractivity contribution in [3.05, 3.63) is 0 Å². The normalized spacial score (nSPS) is 9.86. The maximum Gasteiger partial charge on any atom is 0.245 e. The fourth-order valence-corrected chi connectivity index (χ4v) is 1.39. The van der Waals surface area contributed by atoms with Crippen molar-refractivity contribution >= 4 is 23.5 Å².